The number of hydrogen-bond acceptors (Lipinski definition) is 3. The maximum atomic E-state index is 11.1. The van der Waals surface area contributed by atoms with Gasteiger partial charge in [-0.25, -0.2) is 4.68 Å². The van der Waals surface area contributed by atoms with E-state index in [9.17, 15) is 4.79 Å². The second-order valence-corrected chi connectivity index (χ2v) is 4.89. The topological polar surface area (TPSA) is 47.8 Å². The van der Waals surface area contributed by atoms with Crippen molar-refractivity contribution in [2.24, 2.45) is 0 Å². The Bertz CT molecular complexity index is 604. The molecule has 0 N–H and O–H groups in total. The molecular formula is C13H12BrN3O. The molecule has 2 aromatic rings. The van der Waals surface area contributed by atoms with Crippen LogP contribution >= 0.6 is 15.9 Å². The monoisotopic (exact) mass is 305 g/mol. The highest BCUT2D eigenvalue weighted by Crippen LogP contribution is 2.29. The van der Waals surface area contributed by atoms with Gasteiger partial charge in [0.05, 0.1) is 6.54 Å². The fraction of sp³-hybridized carbons (Fsp3) is 0.154. The van der Waals surface area contributed by atoms with Crippen molar-refractivity contribution in [3.63, 3.8) is 0 Å². The summed E-state index contributed by atoms with van der Waals surface area (Å²) in [6.45, 7) is 6.30. The molecule has 18 heavy (non-hydrogen) atoms. The number of nitrogens with zero attached hydrogens (tertiary/aromatic N) is 3. The van der Waals surface area contributed by atoms with E-state index in [4.69, 9.17) is 0 Å². The van der Waals surface area contributed by atoms with Gasteiger partial charge in [-0.15, -0.1) is 5.10 Å². The van der Waals surface area contributed by atoms with Gasteiger partial charge >= 0.3 is 0 Å². The van der Waals surface area contributed by atoms with Crippen LogP contribution in [0.1, 0.15) is 17.4 Å². The van der Waals surface area contributed by atoms with Crippen LogP contribution in [0.5, 0.6) is 0 Å². The Labute approximate surface area is 113 Å². The van der Waals surface area contributed by atoms with Gasteiger partial charge < -0.3 is 0 Å². The zero-order chi connectivity index (χ0) is 13.1. The smallest absolute Gasteiger partial charge is 0.172 e. The van der Waals surface area contributed by atoms with E-state index in [0.717, 1.165) is 21.9 Å². The summed E-state index contributed by atoms with van der Waals surface area (Å²) in [7, 11) is 0. The second-order valence-electron chi connectivity index (χ2n) is 4.04. The molecule has 0 amide bonds. The molecule has 0 saturated heterocycles. The number of hydrogen-bond donors (Lipinski definition) is 0. The van der Waals surface area contributed by atoms with Crippen LogP contribution in [-0.4, -0.2) is 21.3 Å². The summed E-state index contributed by atoms with van der Waals surface area (Å²) in [6, 6.07) is 7.67. The molecule has 4 nitrogen and oxygen atoms in total. The fourth-order valence-corrected chi connectivity index (χ4v) is 2.18. The van der Waals surface area contributed by atoms with Gasteiger partial charge in [-0.3, -0.25) is 4.79 Å². The van der Waals surface area contributed by atoms with Gasteiger partial charge in [0, 0.05) is 10.0 Å². The van der Waals surface area contributed by atoms with Crippen molar-refractivity contribution in [1.82, 2.24) is 15.0 Å². The average Bonchev–Trinajstić information content (AvgIpc) is 2.72. The molecule has 1 heterocycles. The van der Waals surface area contributed by atoms with Crippen molar-refractivity contribution >= 4 is 22.2 Å². The SMILES string of the molecule is C=C(C)Cn1nnc(C=O)c1-c1ccccc1Br. The van der Waals surface area contributed by atoms with E-state index in [2.05, 4.69) is 32.8 Å². The lowest BCUT2D eigenvalue weighted by Crippen LogP contribution is -2.04. The predicted molar refractivity (Wildman–Crippen MR) is 73.4 cm³/mol. The molecule has 1 aromatic carbocycles. The van der Waals surface area contributed by atoms with Crippen LogP contribution in [-0.2, 0) is 6.54 Å². The van der Waals surface area contributed by atoms with E-state index in [1.165, 1.54) is 0 Å². The first-order chi connectivity index (χ1) is 8.63. The minimum atomic E-state index is 0.336. The summed E-state index contributed by atoms with van der Waals surface area (Å²) in [4.78, 5) is 11.1. The Morgan fingerprint density at radius 3 is 2.83 bits per heavy atom. The zero-order valence-electron chi connectivity index (χ0n) is 9.93. The molecule has 0 unspecified atom stereocenters. The molecule has 2 rings (SSSR count). The van der Waals surface area contributed by atoms with Gasteiger partial charge in [-0.2, -0.15) is 0 Å². The highest BCUT2D eigenvalue weighted by atomic mass is 79.9. The summed E-state index contributed by atoms with van der Waals surface area (Å²) in [5, 5.41) is 7.89. The zero-order valence-corrected chi connectivity index (χ0v) is 11.5. The summed E-state index contributed by atoms with van der Waals surface area (Å²) < 4.78 is 2.59. The molecule has 5 heteroatoms. The quantitative estimate of drug-likeness (QED) is 0.644. The molecule has 0 aliphatic heterocycles. The van der Waals surface area contributed by atoms with E-state index in [1.54, 1.807) is 4.68 Å². The molecule has 0 bridgehead atoms. The van der Waals surface area contributed by atoms with Crippen LogP contribution in [0.25, 0.3) is 11.3 Å². The maximum Gasteiger partial charge on any atom is 0.172 e. The molecular weight excluding hydrogens is 294 g/mol. The van der Waals surface area contributed by atoms with Crippen molar-refractivity contribution in [3.05, 3.63) is 46.6 Å². The van der Waals surface area contributed by atoms with Crippen molar-refractivity contribution in [2.75, 3.05) is 0 Å². The molecule has 0 spiro atoms. The van der Waals surface area contributed by atoms with Crippen LogP contribution in [0, 0.1) is 0 Å². The number of halogens is 1. The Kier molecular flexibility index (Phi) is 3.72. The normalized spacial score (nSPS) is 10.3. The number of benzene rings is 1. The van der Waals surface area contributed by atoms with Crippen LogP contribution in [0.3, 0.4) is 0 Å². The largest absolute Gasteiger partial charge is 0.296 e. The summed E-state index contributed by atoms with van der Waals surface area (Å²) in [5.74, 6) is 0. The Hall–Kier alpha value is -1.75. The lowest BCUT2D eigenvalue weighted by atomic mass is 10.1. The van der Waals surface area contributed by atoms with Crippen LogP contribution in [0.2, 0.25) is 0 Å². The first-order valence-corrected chi connectivity index (χ1v) is 6.20. The minimum Gasteiger partial charge on any atom is -0.296 e. The lowest BCUT2D eigenvalue weighted by Gasteiger charge is -2.08. The van der Waals surface area contributed by atoms with E-state index in [-0.39, 0.29) is 0 Å². The Morgan fingerprint density at radius 2 is 2.22 bits per heavy atom. The molecule has 0 atom stereocenters. The third kappa shape index (κ3) is 2.41. The number of aldehydes is 1. The van der Waals surface area contributed by atoms with Gasteiger partial charge in [0.15, 0.2) is 12.0 Å². The molecule has 92 valence electrons. The molecule has 1 aromatic heterocycles. The fourth-order valence-electron chi connectivity index (χ4n) is 1.70. The number of rotatable bonds is 4. The number of carbonyl (C=O) groups excluding carboxylic acids is 1. The summed E-state index contributed by atoms with van der Waals surface area (Å²) in [6.07, 6.45) is 0.719. The average molecular weight is 306 g/mol. The van der Waals surface area contributed by atoms with E-state index >= 15 is 0 Å². The molecule has 0 radical (unpaired) electrons. The van der Waals surface area contributed by atoms with E-state index in [0.29, 0.717) is 17.9 Å². The van der Waals surface area contributed by atoms with E-state index in [1.807, 2.05) is 31.2 Å². The lowest BCUT2D eigenvalue weighted by molar-refractivity contribution is 0.111. The first kappa shape index (κ1) is 12.7. The van der Waals surface area contributed by atoms with Gasteiger partial charge in [0.1, 0.15) is 5.69 Å². The van der Waals surface area contributed by atoms with Crippen molar-refractivity contribution in [1.29, 1.82) is 0 Å². The Morgan fingerprint density at radius 1 is 1.50 bits per heavy atom. The maximum absolute atomic E-state index is 11.1. The van der Waals surface area contributed by atoms with Gasteiger partial charge in [-0.1, -0.05) is 51.5 Å². The molecule has 0 aliphatic carbocycles. The number of carbonyl (C=O) groups is 1. The predicted octanol–water partition coefficient (Wildman–Crippen LogP) is 3.10. The molecule has 0 fully saturated rings. The number of allylic oxidation sites excluding steroid dienone is 1. The first-order valence-electron chi connectivity index (χ1n) is 5.41. The summed E-state index contributed by atoms with van der Waals surface area (Å²) >= 11 is 3.47. The van der Waals surface area contributed by atoms with Crippen LogP contribution in [0.15, 0.2) is 40.9 Å². The van der Waals surface area contributed by atoms with Crippen LogP contribution in [0.4, 0.5) is 0 Å². The number of aromatic nitrogens is 3. The van der Waals surface area contributed by atoms with Crippen molar-refractivity contribution in [3.8, 4) is 11.3 Å². The second kappa shape index (κ2) is 5.27. The van der Waals surface area contributed by atoms with Gasteiger partial charge in [0.2, 0.25) is 0 Å². The van der Waals surface area contributed by atoms with Crippen molar-refractivity contribution in [2.45, 2.75) is 13.5 Å². The highest BCUT2D eigenvalue weighted by Gasteiger charge is 2.16. The third-order valence-electron chi connectivity index (χ3n) is 2.42. The summed E-state index contributed by atoms with van der Waals surface area (Å²) in [5.41, 5.74) is 2.89. The van der Waals surface area contributed by atoms with Crippen LogP contribution < -0.4 is 0 Å². The standard InChI is InChI=1S/C13H12BrN3O/c1-9(2)7-17-13(12(8-18)15-16-17)10-5-3-4-6-11(10)14/h3-6,8H,1,7H2,2H3. The van der Waals surface area contributed by atoms with Gasteiger partial charge in [0.25, 0.3) is 0 Å². The van der Waals surface area contributed by atoms with Gasteiger partial charge in [-0.05, 0) is 13.0 Å². The highest BCUT2D eigenvalue weighted by molar-refractivity contribution is 9.10. The Balaban J connectivity index is 2.61. The van der Waals surface area contributed by atoms with Crippen molar-refractivity contribution < 1.29 is 4.79 Å². The minimum absolute atomic E-state index is 0.336. The third-order valence-corrected chi connectivity index (χ3v) is 3.11. The van der Waals surface area contributed by atoms with E-state index < -0.39 is 0 Å². The molecule has 0 saturated carbocycles. The molecule has 0 aliphatic rings.